The first-order valence-corrected chi connectivity index (χ1v) is 7.36. The Balaban J connectivity index is 1.97. The Morgan fingerprint density at radius 3 is 2.08 bits per heavy atom. The van der Waals surface area contributed by atoms with Gasteiger partial charge in [-0.1, -0.05) is 54.6 Å². The molecule has 3 aromatic rings. The topological polar surface area (TPSA) is 29.5 Å². The first-order chi connectivity index (χ1) is 11.4. The van der Waals surface area contributed by atoms with Gasteiger partial charge in [0, 0.05) is 0 Å². The molecule has 24 heavy (non-hydrogen) atoms. The van der Waals surface area contributed by atoms with Crippen molar-refractivity contribution in [1.29, 1.82) is 0 Å². The lowest BCUT2D eigenvalue weighted by molar-refractivity contribution is -0.275. The Hall–Kier alpha value is -2.53. The van der Waals surface area contributed by atoms with Gasteiger partial charge >= 0.3 is 6.18 Å². The molecule has 1 unspecified atom stereocenters. The van der Waals surface area contributed by atoms with Gasteiger partial charge in [0.1, 0.15) is 12.4 Å². The summed E-state index contributed by atoms with van der Waals surface area (Å²) in [7, 11) is 0. The van der Waals surface area contributed by atoms with Gasteiger partial charge in [0.2, 0.25) is 5.60 Å². The van der Waals surface area contributed by atoms with Crippen LogP contribution in [0.15, 0.2) is 72.8 Å². The van der Waals surface area contributed by atoms with E-state index in [1.165, 1.54) is 24.3 Å². The van der Waals surface area contributed by atoms with Gasteiger partial charge < -0.3 is 9.84 Å². The number of fused-ring (bicyclic) bond motifs is 1. The van der Waals surface area contributed by atoms with Crippen LogP contribution in [0.3, 0.4) is 0 Å². The van der Waals surface area contributed by atoms with Gasteiger partial charge in [-0.25, -0.2) is 0 Å². The largest absolute Gasteiger partial charge is 0.490 e. The number of alkyl halides is 3. The monoisotopic (exact) mass is 332 g/mol. The molecule has 0 heterocycles. The van der Waals surface area contributed by atoms with E-state index in [4.69, 9.17) is 4.74 Å². The molecule has 0 fully saturated rings. The molecule has 0 aromatic heterocycles. The predicted octanol–water partition coefficient (Wildman–Crippen LogP) is 4.67. The number of para-hydroxylation sites is 1. The Labute approximate surface area is 137 Å². The average Bonchev–Trinajstić information content (AvgIpc) is 2.59. The summed E-state index contributed by atoms with van der Waals surface area (Å²) in [4.78, 5) is 0. The van der Waals surface area contributed by atoms with Crippen molar-refractivity contribution in [3.05, 3.63) is 78.4 Å². The van der Waals surface area contributed by atoms with E-state index in [9.17, 15) is 18.3 Å². The fraction of sp³-hybridized carbons (Fsp3) is 0.158. The Bertz CT molecular complexity index is 831. The fourth-order valence-electron chi connectivity index (χ4n) is 2.48. The number of aliphatic hydroxyl groups is 1. The highest BCUT2D eigenvalue weighted by Crippen LogP contribution is 2.40. The second-order valence-corrected chi connectivity index (χ2v) is 5.52. The number of hydrogen-bond acceptors (Lipinski definition) is 2. The van der Waals surface area contributed by atoms with Gasteiger partial charge in [0.25, 0.3) is 0 Å². The smallest absolute Gasteiger partial charge is 0.424 e. The Morgan fingerprint density at radius 1 is 0.792 bits per heavy atom. The highest BCUT2D eigenvalue weighted by Gasteiger charge is 2.56. The van der Waals surface area contributed by atoms with E-state index < -0.39 is 18.4 Å². The SMILES string of the molecule is OC(COc1ccccc1)(c1ccc2ccccc2c1)C(F)(F)F. The summed E-state index contributed by atoms with van der Waals surface area (Å²) in [6, 6.07) is 19.3. The van der Waals surface area contributed by atoms with Crippen LogP contribution in [-0.4, -0.2) is 17.9 Å². The first kappa shape index (κ1) is 16.3. The van der Waals surface area contributed by atoms with Crippen LogP contribution in [0.4, 0.5) is 13.2 Å². The van der Waals surface area contributed by atoms with Crippen molar-refractivity contribution in [3.8, 4) is 5.75 Å². The van der Waals surface area contributed by atoms with Crippen LogP contribution in [0.25, 0.3) is 10.8 Å². The summed E-state index contributed by atoms with van der Waals surface area (Å²) in [6.45, 7) is -0.918. The van der Waals surface area contributed by atoms with Gasteiger partial charge in [0.15, 0.2) is 0 Å². The molecule has 0 amide bonds. The van der Waals surface area contributed by atoms with E-state index in [1.54, 1.807) is 48.5 Å². The van der Waals surface area contributed by atoms with Crippen molar-refractivity contribution < 1.29 is 23.0 Å². The summed E-state index contributed by atoms with van der Waals surface area (Å²) in [6.07, 6.45) is -4.87. The second-order valence-electron chi connectivity index (χ2n) is 5.52. The van der Waals surface area contributed by atoms with E-state index in [-0.39, 0.29) is 11.3 Å². The number of ether oxygens (including phenoxy) is 1. The standard InChI is InChI=1S/C19H15F3O2/c20-19(21,22)18(23,13-24-17-8-2-1-3-9-17)16-11-10-14-6-4-5-7-15(14)12-16/h1-12,23H,13H2. The quantitative estimate of drug-likeness (QED) is 0.752. The lowest BCUT2D eigenvalue weighted by atomic mass is 9.92. The van der Waals surface area contributed by atoms with Crippen LogP contribution >= 0.6 is 0 Å². The maximum atomic E-state index is 13.6. The zero-order chi connectivity index (χ0) is 17.2. The maximum Gasteiger partial charge on any atom is 0.424 e. The normalized spacial score (nSPS) is 14.3. The van der Waals surface area contributed by atoms with E-state index in [0.717, 1.165) is 5.39 Å². The molecule has 0 aliphatic rings. The minimum Gasteiger partial charge on any atom is -0.490 e. The lowest BCUT2D eigenvalue weighted by Crippen LogP contribution is -2.47. The predicted molar refractivity (Wildman–Crippen MR) is 85.8 cm³/mol. The summed E-state index contributed by atoms with van der Waals surface area (Å²) in [5, 5.41) is 11.8. The van der Waals surface area contributed by atoms with Crippen molar-refractivity contribution in [2.45, 2.75) is 11.8 Å². The van der Waals surface area contributed by atoms with Crippen LogP contribution in [0.5, 0.6) is 5.75 Å². The molecular weight excluding hydrogens is 317 g/mol. The highest BCUT2D eigenvalue weighted by molar-refractivity contribution is 5.83. The molecule has 0 saturated carbocycles. The van der Waals surface area contributed by atoms with Crippen molar-refractivity contribution >= 4 is 10.8 Å². The summed E-state index contributed by atoms with van der Waals surface area (Å²) >= 11 is 0. The minimum absolute atomic E-state index is 0.246. The number of hydrogen-bond donors (Lipinski definition) is 1. The first-order valence-electron chi connectivity index (χ1n) is 7.36. The maximum absolute atomic E-state index is 13.6. The van der Waals surface area contributed by atoms with Gasteiger partial charge in [-0.05, 0) is 34.5 Å². The summed E-state index contributed by atoms with van der Waals surface area (Å²) in [5.41, 5.74) is -3.34. The van der Waals surface area contributed by atoms with E-state index in [2.05, 4.69) is 0 Å². The fourth-order valence-corrected chi connectivity index (χ4v) is 2.48. The lowest BCUT2D eigenvalue weighted by Gasteiger charge is -2.31. The van der Waals surface area contributed by atoms with E-state index >= 15 is 0 Å². The van der Waals surface area contributed by atoms with Crippen molar-refractivity contribution in [1.82, 2.24) is 0 Å². The highest BCUT2D eigenvalue weighted by atomic mass is 19.4. The van der Waals surface area contributed by atoms with Gasteiger partial charge in [0.05, 0.1) is 0 Å². The van der Waals surface area contributed by atoms with Crippen LogP contribution in [0.2, 0.25) is 0 Å². The molecule has 3 aromatic carbocycles. The van der Waals surface area contributed by atoms with E-state index in [1.807, 2.05) is 0 Å². The Morgan fingerprint density at radius 2 is 1.42 bits per heavy atom. The molecular formula is C19H15F3O2. The molecule has 5 heteroatoms. The number of rotatable bonds is 4. The van der Waals surface area contributed by atoms with Crippen LogP contribution < -0.4 is 4.74 Å². The van der Waals surface area contributed by atoms with E-state index in [0.29, 0.717) is 5.39 Å². The zero-order valence-corrected chi connectivity index (χ0v) is 12.6. The molecule has 0 aliphatic heterocycles. The van der Waals surface area contributed by atoms with Crippen LogP contribution in [0.1, 0.15) is 5.56 Å². The van der Waals surface area contributed by atoms with Crippen LogP contribution in [0, 0.1) is 0 Å². The van der Waals surface area contributed by atoms with Gasteiger partial charge in [-0.2, -0.15) is 13.2 Å². The van der Waals surface area contributed by atoms with Gasteiger partial charge in [-0.3, -0.25) is 0 Å². The molecule has 1 atom stereocenters. The zero-order valence-electron chi connectivity index (χ0n) is 12.6. The molecule has 0 bridgehead atoms. The Kier molecular flexibility index (Phi) is 4.20. The summed E-state index contributed by atoms with van der Waals surface area (Å²) < 4.78 is 45.9. The van der Waals surface area contributed by atoms with Crippen molar-refractivity contribution in [2.75, 3.05) is 6.61 Å². The average molecular weight is 332 g/mol. The molecule has 1 N–H and O–H groups in total. The van der Waals surface area contributed by atoms with Gasteiger partial charge in [-0.15, -0.1) is 0 Å². The van der Waals surface area contributed by atoms with Crippen LogP contribution in [-0.2, 0) is 5.60 Å². The minimum atomic E-state index is -4.87. The third-order valence-electron chi connectivity index (χ3n) is 3.89. The number of benzene rings is 3. The van der Waals surface area contributed by atoms with Crippen molar-refractivity contribution in [2.24, 2.45) is 0 Å². The second kappa shape index (κ2) is 6.17. The molecule has 0 saturated heterocycles. The van der Waals surface area contributed by atoms with Crippen molar-refractivity contribution in [3.63, 3.8) is 0 Å². The molecule has 2 nitrogen and oxygen atoms in total. The molecule has 0 radical (unpaired) electrons. The summed E-state index contributed by atoms with van der Waals surface area (Å²) in [5.74, 6) is 0.265. The molecule has 124 valence electrons. The number of halogens is 3. The molecule has 0 spiro atoms. The molecule has 0 aliphatic carbocycles. The third kappa shape index (κ3) is 3.08. The third-order valence-corrected chi connectivity index (χ3v) is 3.89. The molecule has 3 rings (SSSR count).